The predicted octanol–water partition coefficient (Wildman–Crippen LogP) is -2.48. The van der Waals surface area contributed by atoms with Gasteiger partial charge in [-0.3, -0.25) is 23.9 Å². The summed E-state index contributed by atoms with van der Waals surface area (Å²) < 4.78 is 24.1. The number of nitrogens with zero attached hydrogens (tertiary/aromatic N) is 1. The minimum absolute atomic E-state index is 0.598. The number of aliphatic hydroxyl groups excluding tert-OH is 8. The summed E-state index contributed by atoms with van der Waals surface area (Å²) in [6.45, 7) is 4.78. The molecule has 0 aliphatic carbocycles. The Bertz CT molecular complexity index is 1590. The molecule has 20 nitrogen and oxygen atoms in total. The Balaban J connectivity index is 1.46. The highest BCUT2D eigenvalue weighted by atomic mass is 16.8. The first-order valence-corrected chi connectivity index (χ1v) is 20.1. The number of H-pyrrole nitrogens is 1. The lowest BCUT2D eigenvalue weighted by atomic mass is 9.91. The molecule has 3 aliphatic heterocycles. The smallest absolute Gasteiger partial charge is 0.330 e. The second-order valence-corrected chi connectivity index (χ2v) is 15.8. The normalized spacial score (nSPS) is 34.7. The third kappa shape index (κ3) is 12.7. The molecule has 0 saturated carbocycles. The van der Waals surface area contributed by atoms with Gasteiger partial charge in [-0.1, -0.05) is 64.9 Å². The Morgan fingerprint density at radius 3 is 2.02 bits per heavy atom. The first-order chi connectivity index (χ1) is 27.5. The number of rotatable bonds is 20. The molecule has 3 aliphatic rings. The predicted molar refractivity (Wildman–Crippen MR) is 202 cm³/mol. The van der Waals surface area contributed by atoms with Crippen LogP contribution in [0.5, 0.6) is 0 Å². The van der Waals surface area contributed by atoms with Crippen molar-refractivity contribution in [2.45, 2.75) is 177 Å². The number of amides is 2. The lowest BCUT2D eigenvalue weighted by Gasteiger charge is -2.47. The molecule has 20 heteroatoms. The van der Waals surface area contributed by atoms with E-state index in [4.69, 9.17) is 18.9 Å². The summed E-state index contributed by atoms with van der Waals surface area (Å²) in [7, 11) is 0. The quantitative estimate of drug-likeness (QED) is 0.0479. The molecule has 58 heavy (non-hydrogen) atoms. The van der Waals surface area contributed by atoms with Crippen LogP contribution in [0.25, 0.3) is 0 Å². The van der Waals surface area contributed by atoms with Crippen molar-refractivity contribution in [1.29, 1.82) is 0 Å². The fourth-order valence-corrected chi connectivity index (χ4v) is 7.45. The second kappa shape index (κ2) is 22.5. The number of aromatic nitrogens is 2. The molecule has 1 aromatic heterocycles. The van der Waals surface area contributed by atoms with E-state index in [9.17, 15) is 60.0 Å². The van der Waals surface area contributed by atoms with Crippen LogP contribution >= 0.6 is 0 Å². The number of allylic oxidation sites excluding steroid dienone is 1. The minimum Gasteiger partial charge on any atom is -0.394 e. The van der Waals surface area contributed by atoms with Crippen LogP contribution in [-0.2, 0) is 28.5 Å². The van der Waals surface area contributed by atoms with Crippen LogP contribution < -0.4 is 21.9 Å². The number of nitrogens with one attached hydrogen (secondary N) is 3. The van der Waals surface area contributed by atoms with Gasteiger partial charge in [-0.25, -0.2) is 4.79 Å². The summed E-state index contributed by atoms with van der Waals surface area (Å²) in [6.07, 6.45) is -8.97. The van der Waals surface area contributed by atoms with Gasteiger partial charge in [0.05, 0.1) is 18.8 Å². The van der Waals surface area contributed by atoms with Gasteiger partial charge in [0.2, 0.25) is 11.8 Å². The molecule has 330 valence electrons. The van der Waals surface area contributed by atoms with Gasteiger partial charge >= 0.3 is 5.69 Å². The number of carbonyl (C=O) groups excluding carboxylic acids is 2. The third-order valence-corrected chi connectivity index (χ3v) is 10.7. The van der Waals surface area contributed by atoms with Crippen molar-refractivity contribution in [2.24, 2.45) is 5.92 Å². The first-order valence-electron chi connectivity index (χ1n) is 20.1. The monoisotopic (exact) mass is 830 g/mol. The zero-order valence-corrected chi connectivity index (χ0v) is 33.1. The van der Waals surface area contributed by atoms with Gasteiger partial charge in [-0.2, -0.15) is 0 Å². The van der Waals surface area contributed by atoms with Gasteiger partial charge < -0.3 is 70.4 Å². The molecule has 4 rings (SSSR count). The molecule has 3 saturated heterocycles. The van der Waals surface area contributed by atoms with Gasteiger partial charge in [-0.05, 0) is 24.8 Å². The Morgan fingerprint density at radius 2 is 1.41 bits per heavy atom. The zero-order valence-electron chi connectivity index (χ0n) is 33.1. The van der Waals surface area contributed by atoms with E-state index in [2.05, 4.69) is 24.5 Å². The SMILES string of the molecule is CC(=O)N[C@H]1[C@H](O[C@@H]2O[C@H](CC(O)[C@H]3O[C@@H](n4ccc(=O)[nH]c4=O)[C@H](O)[C@@H]3O)[C@H](O)[C@H](O)[C@H]2NC(=O)/C=C/CCCCCCCCCC(C)C)O[C@H](CO)[C@@H](O)[C@@H]1O. The summed E-state index contributed by atoms with van der Waals surface area (Å²) >= 11 is 0. The molecule has 3 fully saturated rings. The van der Waals surface area contributed by atoms with Crippen molar-refractivity contribution in [3.05, 3.63) is 45.3 Å². The average Bonchev–Trinajstić information content (AvgIpc) is 3.46. The summed E-state index contributed by atoms with van der Waals surface area (Å²) in [6, 6.07) is -2.01. The standard InChI is InChI=1S/C38H62N4O16/c1-19(2)13-11-9-7-5-4-6-8-10-12-14-24(46)40-27-31(51)28(48)22(55-37(27)58-36-26(39-20(3)44)30(50)29(49)23(18-43)56-36)17-21(45)34-32(52)33(53)35(57-34)42-16-15-25(47)41-38(42)54/h12,14-16,19,21-23,26-37,43,45,48-53H,4-11,13,17-18H2,1-3H3,(H,39,44)(H,40,46)(H,41,47,54)/b14-12+/t21?,22-,23-,26-,27-,28+,29-,30-,31-,32+,33-,34-,35-,36+,37+/m1/s1. The van der Waals surface area contributed by atoms with Gasteiger partial charge in [0, 0.05) is 25.6 Å². The highest BCUT2D eigenvalue weighted by Crippen LogP contribution is 2.34. The first kappa shape index (κ1) is 47.6. The molecular formula is C38H62N4O16. The van der Waals surface area contributed by atoms with Crippen molar-refractivity contribution < 1.29 is 69.4 Å². The molecule has 2 amide bonds. The lowest BCUT2D eigenvalue weighted by molar-refractivity contribution is -0.346. The molecular weight excluding hydrogens is 768 g/mol. The van der Waals surface area contributed by atoms with Gasteiger partial charge in [-0.15, -0.1) is 0 Å². The highest BCUT2D eigenvalue weighted by Gasteiger charge is 2.53. The zero-order chi connectivity index (χ0) is 42.7. The van der Waals surface area contributed by atoms with Crippen LogP contribution in [0.3, 0.4) is 0 Å². The average molecular weight is 831 g/mol. The largest absolute Gasteiger partial charge is 0.394 e. The van der Waals surface area contributed by atoms with E-state index in [0.717, 1.165) is 49.4 Å². The van der Waals surface area contributed by atoms with Crippen molar-refractivity contribution in [2.75, 3.05) is 6.61 Å². The summed E-state index contributed by atoms with van der Waals surface area (Å²) in [5.74, 6) is -0.641. The summed E-state index contributed by atoms with van der Waals surface area (Å²) in [5, 5.41) is 91.4. The number of carbonyl (C=O) groups is 2. The Labute approximate surface area is 335 Å². The number of unbranched alkanes of at least 4 members (excludes halogenated alkanes) is 7. The second-order valence-electron chi connectivity index (χ2n) is 15.8. The molecule has 0 spiro atoms. The van der Waals surface area contributed by atoms with E-state index in [1.54, 1.807) is 6.08 Å². The van der Waals surface area contributed by atoms with E-state index < -0.39 is 128 Å². The van der Waals surface area contributed by atoms with Crippen molar-refractivity contribution >= 4 is 11.8 Å². The number of hydrogen-bond donors (Lipinski definition) is 11. The summed E-state index contributed by atoms with van der Waals surface area (Å²) in [5.41, 5.74) is -1.68. The van der Waals surface area contributed by atoms with E-state index in [0.29, 0.717) is 12.3 Å². The topological polar surface area (TPSA) is 312 Å². The van der Waals surface area contributed by atoms with Crippen molar-refractivity contribution in [1.82, 2.24) is 20.2 Å². The number of hydrogen-bond acceptors (Lipinski definition) is 16. The molecule has 11 N–H and O–H groups in total. The van der Waals surface area contributed by atoms with E-state index in [1.807, 2.05) is 4.98 Å². The molecule has 1 aromatic rings. The maximum absolute atomic E-state index is 13.1. The van der Waals surface area contributed by atoms with Crippen molar-refractivity contribution in [3.8, 4) is 0 Å². The van der Waals surface area contributed by atoms with Crippen LogP contribution in [-0.4, -0.2) is 155 Å². The van der Waals surface area contributed by atoms with Crippen LogP contribution in [0.4, 0.5) is 0 Å². The van der Waals surface area contributed by atoms with E-state index in [-0.39, 0.29) is 0 Å². The van der Waals surface area contributed by atoms with Gasteiger partial charge in [0.25, 0.3) is 5.56 Å². The van der Waals surface area contributed by atoms with Crippen LogP contribution in [0.1, 0.15) is 91.2 Å². The van der Waals surface area contributed by atoms with Crippen LogP contribution in [0.2, 0.25) is 0 Å². The summed E-state index contributed by atoms with van der Waals surface area (Å²) in [4.78, 5) is 51.1. The van der Waals surface area contributed by atoms with Gasteiger partial charge in [0.1, 0.15) is 60.9 Å². The van der Waals surface area contributed by atoms with Crippen LogP contribution in [0, 0.1) is 5.92 Å². The Kier molecular flexibility index (Phi) is 18.4. The maximum Gasteiger partial charge on any atom is 0.330 e. The maximum atomic E-state index is 13.1. The Hall–Kier alpha value is -3.12. The van der Waals surface area contributed by atoms with E-state index >= 15 is 0 Å². The lowest BCUT2D eigenvalue weighted by Crippen LogP contribution is -2.68. The molecule has 4 heterocycles. The number of ether oxygens (including phenoxy) is 4. The van der Waals surface area contributed by atoms with Crippen LogP contribution in [0.15, 0.2) is 34.0 Å². The number of aliphatic hydroxyl groups is 8. The molecule has 0 bridgehead atoms. The fraction of sp³-hybridized carbons (Fsp3) is 0.789. The Morgan fingerprint density at radius 1 is 0.828 bits per heavy atom. The molecule has 1 unspecified atom stereocenters. The third-order valence-electron chi connectivity index (χ3n) is 10.7. The fourth-order valence-electron chi connectivity index (χ4n) is 7.45. The number of aromatic amines is 1. The van der Waals surface area contributed by atoms with E-state index in [1.165, 1.54) is 31.8 Å². The molecule has 15 atom stereocenters. The van der Waals surface area contributed by atoms with Gasteiger partial charge in [0.15, 0.2) is 18.8 Å². The molecule has 0 radical (unpaired) electrons. The highest BCUT2D eigenvalue weighted by molar-refractivity contribution is 5.87. The van der Waals surface area contributed by atoms with Crippen molar-refractivity contribution in [3.63, 3.8) is 0 Å². The molecule has 0 aromatic carbocycles. The minimum atomic E-state index is -1.85.